The first-order valence-electron chi connectivity index (χ1n) is 9.18. The number of allylic oxidation sites excluding steroid dienone is 1. The number of benzene rings is 1. The van der Waals surface area contributed by atoms with Crippen molar-refractivity contribution < 1.29 is 0 Å². The lowest BCUT2D eigenvalue weighted by atomic mass is 10.1. The predicted octanol–water partition coefficient (Wildman–Crippen LogP) is 4.33. The van der Waals surface area contributed by atoms with Crippen LogP contribution in [0.15, 0.2) is 42.6 Å². The van der Waals surface area contributed by atoms with Crippen LogP contribution in [0.3, 0.4) is 0 Å². The van der Waals surface area contributed by atoms with Crippen LogP contribution >= 0.6 is 0 Å². The van der Waals surface area contributed by atoms with Gasteiger partial charge in [0, 0.05) is 35.7 Å². The fourth-order valence-electron chi connectivity index (χ4n) is 3.38. The van der Waals surface area contributed by atoms with E-state index in [0.717, 1.165) is 46.5 Å². The van der Waals surface area contributed by atoms with Gasteiger partial charge in [0.15, 0.2) is 5.65 Å². The minimum atomic E-state index is 0.751. The van der Waals surface area contributed by atoms with E-state index in [2.05, 4.69) is 62.6 Å². The maximum Gasteiger partial charge on any atom is 0.178 e. The Morgan fingerprint density at radius 1 is 1.35 bits per heavy atom. The number of imidazole rings is 1. The summed E-state index contributed by atoms with van der Waals surface area (Å²) in [5.41, 5.74) is 6.28. The molecule has 0 unspecified atom stereocenters. The average molecular weight is 347 g/mol. The minimum absolute atomic E-state index is 0.751. The van der Waals surface area contributed by atoms with Crippen molar-refractivity contribution in [2.45, 2.75) is 39.3 Å². The summed E-state index contributed by atoms with van der Waals surface area (Å²) >= 11 is 0. The molecule has 0 radical (unpaired) electrons. The topological polar surface area (TPSA) is 56.8 Å². The number of pyridine rings is 1. The van der Waals surface area contributed by atoms with E-state index in [1.807, 2.05) is 26.1 Å². The van der Waals surface area contributed by atoms with E-state index in [1.54, 1.807) is 0 Å². The molecule has 0 saturated heterocycles. The highest BCUT2D eigenvalue weighted by atomic mass is 15.1. The largest absolute Gasteiger partial charge is 0.355 e. The lowest BCUT2D eigenvalue weighted by molar-refractivity contribution is 0.316. The van der Waals surface area contributed by atoms with Gasteiger partial charge in [-0.25, -0.2) is 9.97 Å². The predicted molar refractivity (Wildman–Crippen MR) is 107 cm³/mol. The van der Waals surface area contributed by atoms with Crippen molar-refractivity contribution in [3.05, 3.63) is 59.6 Å². The molecule has 2 heterocycles. The Morgan fingerprint density at radius 2 is 2.19 bits per heavy atom. The Balaban J connectivity index is 1.58. The van der Waals surface area contributed by atoms with E-state index in [9.17, 15) is 0 Å². The molecule has 5 nitrogen and oxygen atoms in total. The zero-order valence-corrected chi connectivity index (χ0v) is 15.6. The number of nitrogens with one attached hydrogen (secondary N) is 2. The Labute approximate surface area is 154 Å². The summed E-state index contributed by atoms with van der Waals surface area (Å²) < 4.78 is 0. The van der Waals surface area contributed by atoms with E-state index in [4.69, 9.17) is 0 Å². The molecule has 1 fully saturated rings. The molecule has 0 atom stereocenters. The number of aromatic amines is 1. The zero-order chi connectivity index (χ0) is 18.1. The number of aromatic nitrogens is 3. The fraction of sp³-hybridized carbons (Fsp3) is 0.333. The first kappa shape index (κ1) is 16.8. The Morgan fingerprint density at radius 3 is 2.96 bits per heavy atom. The number of aryl methyl sites for hydroxylation is 1. The van der Waals surface area contributed by atoms with Crippen molar-refractivity contribution in [3.8, 4) is 0 Å². The molecule has 1 saturated carbocycles. The zero-order valence-electron chi connectivity index (χ0n) is 15.6. The molecule has 0 aliphatic heterocycles. The second-order valence-corrected chi connectivity index (χ2v) is 7.05. The lowest BCUT2D eigenvalue weighted by Gasteiger charge is -2.17. The monoisotopic (exact) mass is 347 g/mol. The van der Waals surface area contributed by atoms with Crippen molar-refractivity contribution >= 4 is 22.5 Å². The molecule has 0 spiro atoms. The average Bonchev–Trinajstić information content (AvgIpc) is 3.41. The first-order chi connectivity index (χ1) is 12.6. The van der Waals surface area contributed by atoms with E-state index >= 15 is 0 Å². The number of hydrogen-bond acceptors (Lipinski definition) is 4. The van der Waals surface area contributed by atoms with Crippen LogP contribution in [-0.2, 0) is 6.54 Å². The third kappa shape index (κ3) is 3.48. The van der Waals surface area contributed by atoms with Crippen LogP contribution in [0, 0.1) is 6.92 Å². The van der Waals surface area contributed by atoms with Gasteiger partial charge >= 0.3 is 0 Å². The molecular formula is C21H25N5. The highest BCUT2D eigenvalue weighted by Gasteiger charge is 2.25. The van der Waals surface area contributed by atoms with Crippen LogP contribution in [0.4, 0.5) is 5.69 Å². The van der Waals surface area contributed by atoms with Crippen LogP contribution in [0.5, 0.6) is 0 Å². The minimum Gasteiger partial charge on any atom is -0.355 e. The molecule has 0 bridgehead atoms. The van der Waals surface area contributed by atoms with E-state index in [-0.39, 0.29) is 0 Å². The smallest absolute Gasteiger partial charge is 0.178 e. The summed E-state index contributed by atoms with van der Waals surface area (Å²) in [5, 5.41) is 3.57. The van der Waals surface area contributed by atoms with Crippen molar-refractivity contribution in [1.82, 2.24) is 19.9 Å². The summed E-state index contributed by atoms with van der Waals surface area (Å²) in [4.78, 5) is 14.6. The van der Waals surface area contributed by atoms with Crippen molar-refractivity contribution in [2.75, 3.05) is 12.4 Å². The summed E-state index contributed by atoms with van der Waals surface area (Å²) in [6, 6.07) is 11.5. The van der Waals surface area contributed by atoms with Crippen LogP contribution in [0.2, 0.25) is 0 Å². The molecule has 1 aliphatic carbocycles. The van der Waals surface area contributed by atoms with Crippen molar-refractivity contribution in [2.24, 2.45) is 0 Å². The van der Waals surface area contributed by atoms with E-state index in [1.165, 1.54) is 18.4 Å². The summed E-state index contributed by atoms with van der Waals surface area (Å²) in [6.45, 7) is 4.99. The van der Waals surface area contributed by atoms with Gasteiger partial charge in [-0.2, -0.15) is 0 Å². The van der Waals surface area contributed by atoms with Crippen molar-refractivity contribution in [3.63, 3.8) is 0 Å². The van der Waals surface area contributed by atoms with Gasteiger partial charge < -0.3 is 10.3 Å². The molecular weight excluding hydrogens is 322 g/mol. The van der Waals surface area contributed by atoms with Gasteiger partial charge in [0.2, 0.25) is 0 Å². The standard InChI is InChI=1S/C21H25N5/c1-4-19(18-10-11-22-21-20(18)23-14(2)24-21)25-16-7-5-6-15(12-16)13-26(3)17-8-9-17/h4-7,10-12,17,25H,8-9,13H2,1-3H3,(H,22,23,24)/b19-4-. The third-order valence-corrected chi connectivity index (χ3v) is 4.90. The summed E-state index contributed by atoms with van der Waals surface area (Å²) in [7, 11) is 2.21. The van der Waals surface area contributed by atoms with Gasteiger partial charge in [0.25, 0.3) is 0 Å². The second-order valence-electron chi connectivity index (χ2n) is 7.05. The maximum absolute atomic E-state index is 4.44. The first-order valence-corrected chi connectivity index (χ1v) is 9.18. The molecule has 134 valence electrons. The number of fused-ring (bicyclic) bond motifs is 1. The van der Waals surface area contributed by atoms with Gasteiger partial charge in [-0.1, -0.05) is 18.2 Å². The highest BCUT2D eigenvalue weighted by Crippen LogP contribution is 2.28. The summed E-state index contributed by atoms with van der Waals surface area (Å²) in [6.07, 6.45) is 6.57. The Kier molecular flexibility index (Phi) is 4.47. The quantitative estimate of drug-likeness (QED) is 0.697. The fourth-order valence-corrected chi connectivity index (χ4v) is 3.38. The number of rotatable bonds is 6. The number of H-pyrrole nitrogens is 1. The molecule has 26 heavy (non-hydrogen) atoms. The molecule has 3 aromatic rings. The van der Waals surface area contributed by atoms with Gasteiger partial charge in [-0.05, 0) is 57.5 Å². The summed E-state index contributed by atoms with van der Waals surface area (Å²) in [5.74, 6) is 0.875. The highest BCUT2D eigenvalue weighted by molar-refractivity contribution is 5.90. The van der Waals surface area contributed by atoms with Crippen LogP contribution < -0.4 is 5.32 Å². The Bertz CT molecular complexity index is 952. The third-order valence-electron chi connectivity index (χ3n) is 4.90. The van der Waals surface area contributed by atoms with Crippen LogP contribution in [-0.4, -0.2) is 32.9 Å². The molecule has 2 N–H and O–H groups in total. The van der Waals surface area contributed by atoms with Gasteiger partial charge in [0.1, 0.15) is 5.82 Å². The molecule has 2 aromatic heterocycles. The van der Waals surface area contributed by atoms with Gasteiger partial charge in [0.05, 0.1) is 5.52 Å². The molecule has 4 rings (SSSR count). The number of nitrogens with zero attached hydrogens (tertiary/aromatic N) is 3. The second kappa shape index (κ2) is 6.92. The van der Waals surface area contributed by atoms with Crippen LogP contribution in [0.1, 0.15) is 36.7 Å². The van der Waals surface area contributed by atoms with Gasteiger partial charge in [-0.15, -0.1) is 0 Å². The number of anilines is 1. The molecule has 5 heteroatoms. The van der Waals surface area contributed by atoms with Gasteiger partial charge in [-0.3, -0.25) is 4.90 Å². The Hall–Kier alpha value is -2.66. The number of hydrogen-bond donors (Lipinski definition) is 2. The molecule has 0 amide bonds. The lowest BCUT2D eigenvalue weighted by Crippen LogP contribution is -2.19. The normalized spacial score (nSPS) is 15.0. The molecule has 1 aromatic carbocycles. The van der Waals surface area contributed by atoms with Crippen LogP contribution in [0.25, 0.3) is 16.9 Å². The van der Waals surface area contributed by atoms with Crippen molar-refractivity contribution in [1.29, 1.82) is 0 Å². The molecule has 1 aliphatic rings. The SMILES string of the molecule is C/C=C(\Nc1cccc(CN(C)C2CC2)c1)c1ccnc2nc(C)[nH]c12. The van der Waals surface area contributed by atoms with E-state index < -0.39 is 0 Å². The van der Waals surface area contributed by atoms with E-state index in [0.29, 0.717) is 0 Å². The maximum atomic E-state index is 4.44.